The molecule has 1 aliphatic carbocycles. The maximum atomic E-state index is 14.5. The molecule has 0 unspecified atom stereocenters. The lowest BCUT2D eigenvalue weighted by Crippen LogP contribution is -2.00. The van der Waals surface area contributed by atoms with E-state index in [1.54, 1.807) is 0 Å². The Morgan fingerprint density at radius 2 is 2.22 bits per heavy atom. The SMILES string of the molecule is CCc1[nH]c2nc(Nc3cccc4c3CCC4)c(F)cc2c1N. The Bertz CT molecular complexity index is 898. The number of hydrogen-bond acceptors (Lipinski definition) is 3. The highest BCUT2D eigenvalue weighted by Gasteiger charge is 2.17. The van der Waals surface area contributed by atoms with Crippen molar-refractivity contribution in [1.82, 2.24) is 9.97 Å². The van der Waals surface area contributed by atoms with Gasteiger partial charge in [-0.2, -0.15) is 0 Å². The van der Waals surface area contributed by atoms with Crippen LogP contribution < -0.4 is 11.1 Å². The van der Waals surface area contributed by atoms with Crippen molar-refractivity contribution in [3.8, 4) is 0 Å². The van der Waals surface area contributed by atoms with Gasteiger partial charge in [0.25, 0.3) is 0 Å². The maximum absolute atomic E-state index is 14.5. The van der Waals surface area contributed by atoms with E-state index in [2.05, 4.69) is 21.4 Å². The summed E-state index contributed by atoms with van der Waals surface area (Å²) in [4.78, 5) is 7.58. The number of nitrogen functional groups attached to an aromatic ring is 1. The highest BCUT2D eigenvalue weighted by Crippen LogP contribution is 2.32. The molecule has 0 bridgehead atoms. The molecule has 4 nitrogen and oxygen atoms in total. The molecule has 0 saturated heterocycles. The summed E-state index contributed by atoms with van der Waals surface area (Å²) < 4.78 is 14.5. The summed E-state index contributed by atoms with van der Waals surface area (Å²) in [6.07, 6.45) is 4.03. The summed E-state index contributed by atoms with van der Waals surface area (Å²) in [5.74, 6) is -0.150. The van der Waals surface area contributed by atoms with Crippen LogP contribution in [-0.2, 0) is 19.3 Å². The molecule has 2 heterocycles. The topological polar surface area (TPSA) is 66.7 Å². The molecule has 5 heteroatoms. The van der Waals surface area contributed by atoms with Crippen LogP contribution in [0.25, 0.3) is 11.0 Å². The molecule has 2 aromatic heterocycles. The number of hydrogen-bond donors (Lipinski definition) is 3. The molecule has 23 heavy (non-hydrogen) atoms. The minimum absolute atomic E-state index is 0.238. The number of nitrogens with one attached hydrogen (secondary N) is 2. The number of aryl methyl sites for hydroxylation is 2. The van der Waals surface area contributed by atoms with Crippen LogP contribution in [0, 0.1) is 5.82 Å². The summed E-state index contributed by atoms with van der Waals surface area (Å²) in [5.41, 5.74) is 11.7. The molecule has 0 spiro atoms. The number of fused-ring (bicyclic) bond motifs is 2. The Hall–Kier alpha value is -2.56. The van der Waals surface area contributed by atoms with Crippen LogP contribution >= 0.6 is 0 Å². The average Bonchev–Trinajstić information content (AvgIpc) is 3.14. The molecule has 0 saturated carbocycles. The lowest BCUT2D eigenvalue weighted by atomic mass is 10.1. The zero-order valence-electron chi connectivity index (χ0n) is 13.0. The first kappa shape index (κ1) is 14.1. The fraction of sp³-hybridized carbons (Fsp3) is 0.278. The van der Waals surface area contributed by atoms with Gasteiger partial charge in [0.2, 0.25) is 0 Å². The fourth-order valence-corrected chi connectivity index (χ4v) is 3.39. The van der Waals surface area contributed by atoms with Gasteiger partial charge in [0.1, 0.15) is 5.65 Å². The Morgan fingerprint density at radius 1 is 1.35 bits per heavy atom. The van der Waals surface area contributed by atoms with Crippen LogP contribution in [-0.4, -0.2) is 9.97 Å². The molecule has 1 aliphatic rings. The molecular formula is C18H19FN4. The monoisotopic (exact) mass is 310 g/mol. The van der Waals surface area contributed by atoms with Crippen molar-refractivity contribution in [3.05, 3.63) is 46.9 Å². The molecule has 1 aromatic carbocycles. The molecule has 0 amide bonds. The number of benzene rings is 1. The van der Waals surface area contributed by atoms with Gasteiger partial charge in [-0.05, 0) is 48.9 Å². The van der Waals surface area contributed by atoms with Crippen LogP contribution in [0.1, 0.15) is 30.2 Å². The van der Waals surface area contributed by atoms with Gasteiger partial charge in [-0.3, -0.25) is 0 Å². The predicted octanol–water partition coefficient (Wildman–Crippen LogP) is 4.08. The largest absolute Gasteiger partial charge is 0.397 e. The highest BCUT2D eigenvalue weighted by molar-refractivity contribution is 5.92. The van der Waals surface area contributed by atoms with Crippen molar-refractivity contribution in [2.45, 2.75) is 32.6 Å². The first-order valence-corrected chi connectivity index (χ1v) is 8.01. The van der Waals surface area contributed by atoms with Crippen molar-refractivity contribution in [1.29, 1.82) is 0 Å². The lowest BCUT2D eigenvalue weighted by molar-refractivity contribution is 0.629. The third kappa shape index (κ3) is 2.23. The van der Waals surface area contributed by atoms with Gasteiger partial charge in [0.05, 0.1) is 5.69 Å². The zero-order chi connectivity index (χ0) is 16.0. The van der Waals surface area contributed by atoms with Crippen LogP contribution in [0.15, 0.2) is 24.3 Å². The van der Waals surface area contributed by atoms with Gasteiger partial charge in [-0.25, -0.2) is 9.37 Å². The molecule has 4 rings (SSSR count). The van der Waals surface area contributed by atoms with E-state index < -0.39 is 0 Å². The molecule has 118 valence electrons. The second-order valence-corrected chi connectivity index (χ2v) is 6.01. The minimum atomic E-state index is -0.388. The number of H-pyrrole nitrogens is 1. The summed E-state index contributed by atoms with van der Waals surface area (Å²) >= 11 is 0. The van der Waals surface area contributed by atoms with E-state index in [-0.39, 0.29) is 11.6 Å². The minimum Gasteiger partial charge on any atom is -0.397 e. The maximum Gasteiger partial charge on any atom is 0.169 e. The summed E-state index contributed by atoms with van der Waals surface area (Å²) in [6, 6.07) is 7.58. The van der Waals surface area contributed by atoms with E-state index in [1.807, 2.05) is 19.1 Å². The molecule has 0 fully saturated rings. The van der Waals surface area contributed by atoms with Gasteiger partial charge in [-0.15, -0.1) is 0 Å². The van der Waals surface area contributed by atoms with E-state index in [0.29, 0.717) is 16.7 Å². The third-order valence-corrected chi connectivity index (χ3v) is 4.61. The van der Waals surface area contributed by atoms with Crippen molar-refractivity contribution in [2.75, 3.05) is 11.1 Å². The lowest BCUT2D eigenvalue weighted by Gasteiger charge is -2.11. The average molecular weight is 310 g/mol. The molecule has 3 aromatic rings. The van der Waals surface area contributed by atoms with Crippen LogP contribution in [0.5, 0.6) is 0 Å². The number of nitrogens with two attached hydrogens (primary N) is 1. The van der Waals surface area contributed by atoms with E-state index >= 15 is 0 Å². The van der Waals surface area contributed by atoms with E-state index in [0.717, 1.165) is 37.1 Å². The number of nitrogens with zero attached hydrogens (tertiary/aromatic N) is 1. The number of halogens is 1. The molecule has 0 radical (unpaired) electrons. The molecule has 0 aliphatic heterocycles. The number of rotatable bonds is 3. The van der Waals surface area contributed by atoms with Crippen molar-refractivity contribution >= 4 is 28.2 Å². The highest BCUT2D eigenvalue weighted by atomic mass is 19.1. The van der Waals surface area contributed by atoms with Gasteiger partial charge >= 0.3 is 0 Å². The normalized spacial score (nSPS) is 13.5. The number of pyridine rings is 1. The number of aromatic amines is 1. The van der Waals surface area contributed by atoms with Gasteiger partial charge in [0, 0.05) is 16.8 Å². The summed E-state index contributed by atoms with van der Waals surface area (Å²) in [7, 11) is 0. The molecule has 4 N–H and O–H groups in total. The smallest absolute Gasteiger partial charge is 0.169 e. The second-order valence-electron chi connectivity index (χ2n) is 6.01. The van der Waals surface area contributed by atoms with Crippen molar-refractivity contribution in [2.24, 2.45) is 0 Å². The van der Waals surface area contributed by atoms with E-state index in [9.17, 15) is 4.39 Å². The Balaban J connectivity index is 1.78. The van der Waals surface area contributed by atoms with Gasteiger partial charge in [0.15, 0.2) is 11.6 Å². The summed E-state index contributed by atoms with van der Waals surface area (Å²) in [5, 5.41) is 3.81. The Morgan fingerprint density at radius 3 is 3.04 bits per heavy atom. The van der Waals surface area contributed by atoms with Crippen molar-refractivity contribution < 1.29 is 4.39 Å². The van der Waals surface area contributed by atoms with E-state index in [4.69, 9.17) is 5.73 Å². The quantitative estimate of drug-likeness (QED) is 0.683. The van der Waals surface area contributed by atoms with Crippen LogP contribution in [0.2, 0.25) is 0 Å². The molecule has 0 atom stereocenters. The molecular weight excluding hydrogens is 291 g/mol. The second kappa shape index (κ2) is 5.26. The fourth-order valence-electron chi connectivity index (χ4n) is 3.39. The third-order valence-electron chi connectivity index (χ3n) is 4.61. The Labute approximate surface area is 133 Å². The van der Waals surface area contributed by atoms with Gasteiger partial charge < -0.3 is 16.0 Å². The standard InChI is InChI=1S/C18H19FN4/c1-2-14-16(20)12-9-13(19)18(23-17(12)21-14)22-15-8-4-6-10-5-3-7-11(10)15/h4,6,8-9H,2-3,5,7,20H2,1H3,(H2,21,22,23). The van der Waals surface area contributed by atoms with E-state index in [1.165, 1.54) is 17.2 Å². The zero-order valence-corrected chi connectivity index (χ0v) is 13.0. The van der Waals surface area contributed by atoms with Gasteiger partial charge in [-0.1, -0.05) is 19.1 Å². The Kier molecular flexibility index (Phi) is 3.22. The van der Waals surface area contributed by atoms with Crippen LogP contribution in [0.4, 0.5) is 21.6 Å². The van der Waals surface area contributed by atoms with Crippen LogP contribution in [0.3, 0.4) is 0 Å². The number of anilines is 3. The first-order chi connectivity index (χ1) is 11.2. The first-order valence-electron chi connectivity index (χ1n) is 8.01. The number of aromatic nitrogens is 2. The predicted molar refractivity (Wildman–Crippen MR) is 91.6 cm³/mol. The van der Waals surface area contributed by atoms with Crippen molar-refractivity contribution in [3.63, 3.8) is 0 Å². The summed E-state index contributed by atoms with van der Waals surface area (Å²) in [6.45, 7) is 2.00.